The predicted octanol–water partition coefficient (Wildman–Crippen LogP) is 2.74. The number of hydrogen-bond donors (Lipinski definition) is 0. The molecule has 0 saturated heterocycles. The van der Waals surface area contributed by atoms with Gasteiger partial charge in [0, 0.05) is 19.5 Å². The van der Waals surface area contributed by atoms with E-state index >= 15 is 0 Å². The number of carbonyl (C=O) groups is 2. The first-order valence-corrected chi connectivity index (χ1v) is 8.29. The van der Waals surface area contributed by atoms with Crippen molar-refractivity contribution >= 4 is 11.9 Å². The van der Waals surface area contributed by atoms with Crippen LogP contribution in [0.15, 0.2) is 18.2 Å². The Morgan fingerprint density at radius 2 is 2.04 bits per heavy atom. The van der Waals surface area contributed by atoms with Crippen LogP contribution in [-0.2, 0) is 20.9 Å². The second-order valence-corrected chi connectivity index (χ2v) is 5.99. The Morgan fingerprint density at radius 3 is 2.75 bits per heavy atom. The van der Waals surface area contributed by atoms with Crippen molar-refractivity contribution in [1.29, 1.82) is 0 Å². The molecule has 0 N–H and O–H groups in total. The van der Waals surface area contributed by atoms with Crippen molar-refractivity contribution in [2.75, 3.05) is 20.4 Å². The summed E-state index contributed by atoms with van der Waals surface area (Å²) in [5.41, 5.74) is 0.946. The minimum atomic E-state index is -0.366. The Balaban J connectivity index is 2.09. The highest BCUT2D eigenvalue weighted by Crippen LogP contribution is 2.32. The summed E-state index contributed by atoms with van der Waals surface area (Å²) in [6.07, 6.45) is 2.27. The third-order valence-electron chi connectivity index (χ3n) is 4.01. The molecule has 0 fully saturated rings. The zero-order chi connectivity index (χ0) is 17.5. The first kappa shape index (κ1) is 18.1. The van der Waals surface area contributed by atoms with Crippen LogP contribution >= 0.6 is 0 Å². The van der Waals surface area contributed by atoms with Crippen molar-refractivity contribution in [2.24, 2.45) is 5.92 Å². The van der Waals surface area contributed by atoms with Crippen LogP contribution in [0.4, 0.5) is 0 Å². The molecule has 6 nitrogen and oxygen atoms in total. The van der Waals surface area contributed by atoms with E-state index in [-0.39, 0.29) is 24.6 Å². The summed E-state index contributed by atoms with van der Waals surface area (Å²) in [5.74, 6) is 0.772. The molecule has 2 rings (SSSR count). The number of amides is 1. The maximum atomic E-state index is 12.5. The fourth-order valence-electron chi connectivity index (χ4n) is 2.61. The highest BCUT2D eigenvalue weighted by Gasteiger charge is 2.22. The lowest BCUT2D eigenvalue weighted by molar-refractivity contribution is -0.146. The van der Waals surface area contributed by atoms with E-state index in [2.05, 4.69) is 0 Å². The Morgan fingerprint density at radius 1 is 1.29 bits per heavy atom. The zero-order valence-electron chi connectivity index (χ0n) is 14.5. The third-order valence-corrected chi connectivity index (χ3v) is 4.01. The summed E-state index contributed by atoms with van der Waals surface area (Å²) < 4.78 is 15.5. The molecule has 1 aromatic carbocycles. The van der Waals surface area contributed by atoms with Gasteiger partial charge in [-0.2, -0.15) is 0 Å². The van der Waals surface area contributed by atoms with Gasteiger partial charge in [-0.25, -0.2) is 0 Å². The third kappa shape index (κ3) is 4.63. The number of benzene rings is 1. The fraction of sp³-hybridized carbons (Fsp3) is 0.556. The maximum absolute atomic E-state index is 12.5. The first-order valence-electron chi connectivity index (χ1n) is 8.29. The molecule has 0 radical (unpaired) electrons. The average molecular weight is 335 g/mol. The van der Waals surface area contributed by atoms with Gasteiger partial charge in [0.2, 0.25) is 12.7 Å². The first-order chi connectivity index (χ1) is 11.5. The molecule has 0 saturated carbocycles. The van der Waals surface area contributed by atoms with E-state index < -0.39 is 0 Å². The molecule has 0 spiro atoms. The lowest BCUT2D eigenvalue weighted by atomic mass is 10.1. The molecule has 0 aliphatic carbocycles. The Labute approximate surface area is 142 Å². The van der Waals surface area contributed by atoms with E-state index in [0.717, 1.165) is 18.4 Å². The summed E-state index contributed by atoms with van der Waals surface area (Å²) >= 11 is 0. The largest absolute Gasteiger partial charge is 0.469 e. The van der Waals surface area contributed by atoms with E-state index in [4.69, 9.17) is 14.2 Å². The summed E-state index contributed by atoms with van der Waals surface area (Å²) in [6, 6.07) is 5.64. The van der Waals surface area contributed by atoms with Crippen molar-refractivity contribution in [3.63, 3.8) is 0 Å². The second-order valence-electron chi connectivity index (χ2n) is 5.99. The fourth-order valence-corrected chi connectivity index (χ4v) is 2.61. The van der Waals surface area contributed by atoms with Gasteiger partial charge in [0.25, 0.3) is 0 Å². The predicted molar refractivity (Wildman–Crippen MR) is 88.7 cm³/mol. The number of hydrogen-bond acceptors (Lipinski definition) is 5. The summed E-state index contributed by atoms with van der Waals surface area (Å²) in [5, 5.41) is 0. The zero-order valence-corrected chi connectivity index (χ0v) is 14.5. The standard InChI is InChI=1S/C18H25NO5/c1-4-5-6-17(20)19(10-13(2)18(21)22-3)11-14-7-8-15-16(9-14)24-12-23-15/h7-9,13H,4-6,10-12H2,1-3H3. The number of nitrogens with zero attached hydrogens (tertiary/aromatic N) is 1. The number of methoxy groups -OCH3 is 1. The molecule has 132 valence electrons. The number of rotatable bonds is 8. The van der Waals surface area contributed by atoms with Crippen LogP contribution in [0.5, 0.6) is 11.5 Å². The van der Waals surface area contributed by atoms with Gasteiger partial charge < -0.3 is 19.1 Å². The molecule has 1 atom stereocenters. The van der Waals surface area contributed by atoms with Gasteiger partial charge >= 0.3 is 5.97 Å². The van der Waals surface area contributed by atoms with Crippen molar-refractivity contribution < 1.29 is 23.8 Å². The molecule has 1 aliphatic heterocycles. The van der Waals surface area contributed by atoms with Gasteiger partial charge in [0.05, 0.1) is 13.0 Å². The van der Waals surface area contributed by atoms with Gasteiger partial charge in [0.15, 0.2) is 11.5 Å². The van der Waals surface area contributed by atoms with E-state index in [1.165, 1.54) is 7.11 Å². The Kier molecular flexibility index (Phi) is 6.46. The van der Waals surface area contributed by atoms with Crippen LogP contribution in [-0.4, -0.2) is 37.2 Å². The average Bonchev–Trinajstić information content (AvgIpc) is 3.05. The molecule has 1 amide bonds. The van der Waals surface area contributed by atoms with Crippen LogP contribution in [0.25, 0.3) is 0 Å². The number of unbranched alkanes of at least 4 members (excludes halogenated alkanes) is 1. The van der Waals surface area contributed by atoms with Gasteiger partial charge in [-0.1, -0.05) is 26.3 Å². The molecule has 6 heteroatoms. The molecule has 1 aromatic rings. The maximum Gasteiger partial charge on any atom is 0.310 e. The van der Waals surface area contributed by atoms with E-state index in [0.29, 0.717) is 31.0 Å². The van der Waals surface area contributed by atoms with E-state index in [1.54, 1.807) is 11.8 Å². The minimum Gasteiger partial charge on any atom is -0.469 e. The van der Waals surface area contributed by atoms with Gasteiger partial charge in [-0.05, 0) is 24.1 Å². The topological polar surface area (TPSA) is 65.1 Å². The van der Waals surface area contributed by atoms with Crippen molar-refractivity contribution in [3.05, 3.63) is 23.8 Å². The monoisotopic (exact) mass is 335 g/mol. The van der Waals surface area contributed by atoms with Gasteiger partial charge in [-0.3, -0.25) is 9.59 Å². The van der Waals surface area contributed by atoms with Gasteiger partial charge in [0.1, 0.15) is 0 Å². The van der Waals surface area contributed by atoms with Crippen LogP contribution in [0.2, 0.25) is 0 Å². The quantitative estimate of drug-likeness (QED) is 0.684. The molecular formula is C18H25NO5. The lowest BCUT2D eigenvalue weighted by Gasteiger charge is -2.25. The number of ether oxygens (including phenoxy) is 3. The van der Waals surface area contributed by atoms with Crippen molar-refractivity contribution in [3.8, 4) is 11.5 Å². The SMILES string of the molecule is CCCCC(=O)N(Cc1ccc2c(c1)OCO2)CC(C)C(=O)OC. The summed E-state index contributed by atoms with van der Waals surface area (Å²) in [4.78, 5) is 25.9. The molecule has 0 aromatic heterocycles. The van der Waals surface area contributed by atoms with Crippen LogP contribution < -0.4 is 9.47 Å². The normalized spacial score (nSPS) is 13.5. The van der Waals surface area contributed by atoms with Crippen molar-refractivity contribution in [2.45, 2.75) is 39.7 Å². The highest BCUT2D eigenvalue weighted by molar-refractivity contribution is 5.78. The molecule has 1 heterocycles. The van der Waals surface area contributed by atoms with E-state index in [1.807, 2.05) is 25.1 Å². The smallest absolute Gasteiger partial charge is 0.310 e. The summed E-state index contributed by atoms with van der Waals surface area (Å²) in [6.45, 7) is 4.81. The van der Waals surface area contributed by atoms with Gasteiger partial charge in [-0.15, -0.1) is 0 Å². The number of fused-ring (bicyclic) bond motifs is 1. The van der Waals surface area contributed by atoms with Crippen molar-refractivity contribution in [1.82, 2.24) is 4.90 Å². The molecule has 0 bridgehead atoms. The molecular weight excluding hydrogens is 310 g/mol. The van der Waals surface area contributed by atoms with Crippen LogP contribution in [0, 0.1) is 5.92 Å². The molecule has 24 heavy (non-hydrogen) atoms. The molecule has 1 unspecified atom stereocenters. The summed E-state index contributed by atoms with van der Waals surface area (Å²) in [7, 11) is 1.36. The lowest BCUT2D eigenvalue weighted by Crippen LogP contribution is -2.36. The number of carbonyl (C=O) groups excluding carboxylic acids is 2. The highest BCUT2D eigenvalue weighted by atomic mass is 16.7. The van der Waals surface area contributed by atoms with Crippen LogP contribution in [0.1, 0.15) is 38.7 Å². The minimum absolute atomic E-state index is 0.0465. The van der Waals surface area contributed by atoms with E-state index in [9.17, 15) is 9.59 Å². The number of esters is 1. The Hall–Kier alpha value is -2.24. The molecule has 1 aliphatic rings. The van der Waals surface area contributed by atoms with Crippen LogP contribution in [0.3, 0.4) is 0 Å². The Bertz CT molecular complexity index is 587. The second kappa shape index (κ2) is 8.57.